The zero-order chi connectivity index (χ0) is 17.5. The van der Waals surface area contributed by atoms with Gasteiger partial charge in [0, 0.05) is 38.8 Å². The Morgan fingerprint density at radius 2 is 1.58 bits per heavy atom. The van der Waals surface area contributed by atoms with Crippen LogP contribution in [0.25, 0.3) is 0 Å². The van der Waals surface area contributed by atoms with Crippen LogP contribution < -0.4 is 0 Å². The smallest absolute Gasteiger partial charge is 0.409 e. The van der Waals surface area contributed by atoms with E-state index in [0.717, 1.165) is 32.2 Å². The lowest BCUT2D eigenvalue weighted by Crippen LogP contribution is -2.52. The first-order valence-corrected chi connectivity index (χ1v) is 9.05. The summed E-state index contributed by atoms with van der Waals surface area (Å²) in [4.78, 5) is 41.7. The van der Waals surface area contributed by atoms with Crippen LogP contribution >= 0.6 is 0 Å². The molecule has 0 radical (unpaired) electrons. The summed E-state index contributed by atoms with van der Waals surface area (Å²) in [5.41, 5.74) is 0. The molecular formula is C17H29N3O4. The predicted molar refractivity (Wildman–Crippen MR) is 89.4 cm³/mol. The summed E-state index contributed by atoms with van der Waals surface area (Å²) in [7, 11) is 0. The van der Waals surface area contributed by atoms with Gasteiger partial charge in [0.1, 0.15) is 6.42 Å². The van der Waals surface area contributed by atoms with Crippen molar-refractivity contribution < 1.29 is 19.1 Å². The van der Waals surface area contributed by atoms with Crippen LogP contribution in [0.3, 0.4) is 0 Å². The first-order valence-electron chi connectivity index (χ1n) is 9.05. The standard InChI is InChI=1S/C17H29N3O4/c1-3-14-7-5-6-8-20(14)16(22)13-15(21)18-9-11-19(12-10-18)17(23)24-4-2/h14H,3-13H2,1-2H3. The molecule has 3 amide bonds. The van der Waals surface area contributed by atoms with Gasteiger partial charge in [0.15, 0.2) is 0 Å². The van der Waals surface area contributed by atoms with Crippen LogP contribution in [-0.4, -0.2) is 78.0 Å². The minimum atomic E-state index is -0.334. The summed E-state index contributed by atoms with van der Waals surface area (Å²) >= 11 is 0. The fourth-order valence-electron chi connectivity index (χ4n) is 3.45. The van der Waals surface area contributed by atoms with Gasteiger partial charge in [-0.15, -0.1) is 0 Å². The Morgan fingerprint density at radius 1 is 0.917 bits per heavy atom. The SMILES string of the molecule is CCOC(=O)N1CCN(C(=O)CC(=O)N2CCCCC2CC)CC1. The molecule has 0 aromatic carbocycles. The van der Waals surface area contributed by atoms with Crippen molar-refractivity contribution in [2.45, 2.75) is 52.0 Å². The molecule has 0 aromatic heterocycles. The van der Waals surface area contributed by atoms with E-state index in [4.69, 9.17) is 4.74 Å². The maximum absolute atomic E-state index is 12.5. The minimum absolute atomic E-state index is 0.0561. The minimum Gasteiger partial charge on any atom is -0.450 e. The fraction of sp³-hybridized carbons (Fsp3) is 0.824. The number of hydrogen-bond acceptors (Lipinski definition) is 4. The molecule has 2 heterocycles. The van der Waals surface area contributed by atoms with Crippen LogP contribution in [0.1, 0.15) is 46.0 Å². The Hall–Kier alpha value is -1.79. The normalized spacial score (nSPS) is 21.6. The quantitative estimate of drug-likeness (QED) is 0.727. The molecule has 0 N–H and O–H groups in total. The van der Waals surface area contributed by atoms with E-state index in [2.05, 4.69) is 6.92 Å². The van der Waals surface area contributed by atoms with Gasteiger partial charge in [0.2, 0.25) is 11.8 Å². The van der Waals surface area contributed by atoms with E-state index in [9.17, 15) is 14.4 Å². The number of carbonyl (C=O) groups is 3. The molecule has 1 atom stereocenters. The highest BCUT2D eigenvalue weighted by atomic mass is 16.6. The van der Waals surface area contributed by atoms with Gasteiger partial charge >= 0.3 is 6.09 Å². The molecule has 0 aromatic rings. The highest BCUT2D eigenvalue weighted by molar-refractivity contribution is 5.97. The fourth-order valence-corrected chi connectivity index (χ4v) is 3.45. The molecule has 7 heteroatoms. The van der Waals surface area contributed by atoms with E-state index in [-0.39, 0.29) is 30.4 Å². The van der Waals surface area contributed by atoms with Gasteiger partial charge in [-0.25, -0.2) is 4.79 Å². The van der Waals surface area contributed by atoms with Gasteiger partial charge in [-0.1, -0.05) is 6.92 Å². The second-order valence-electron chi connectivity index (χ2n) is 6.39. The molecule has 2 rings (SSSR count). The van der Waals surface area contributed by atoms with Crippen molar-refractivity contribution in [3.63, 3.8) is 0 Å². The number of hydrogen-bond donors (Lipinski definition) is 0. The number of piperidine rings is 1. The van der Waals surface area contributed by atoms with Crippen molar-refractivity contribution >= 4 is 17.9 Å². The molecule has 136 valence electrons. The van der Waals surface area contributed by atoms with Crippen molar-refractivity contribution in [3.8, 4) is 0 Å². The molecule has 2 aliphatic heterocycles. The highest BCUT2D eigenvalue weighted by Crippen LogP contribution is 2.20. The lowest BCUT2D eigenvalue weighted by Gasteiger charge is -2.37. The zero-order valence-electron chi connectivity index (χ0n) is 14.8. The van der Waals surface area contributed by atoms with Crippen LogP contribution in [0.15, 0.2) is 0 Å². The average Bonchev–Trinajstić information content (AvgIpc) is 2.61. The number of nitrogens with zero attached hydrogens (tertiary/aromatic N) is 3. The van der Waals surface area contributed by atoms with Crippen molar-refractivity contribution in [3.05, 3.63) is 0 Å². The van der Waals surface area contributed by atoms with Crippen LogP contribution in [0.4, 0.5) is 4.79 Å². The maximum Gasteiger partial charge on any atom is 0.409 e. The van der Waals surface area contributed by atoms with Crippen molar-refractivity contribution in [1.29, 1.82) is 0 Å². The third kappa shape index (κ3) is 4.61. The second-order valence-corrected chi connectivity index (χ2v) is 6.39. The molecule has 0 bridgehead atoms. The molecule has 0 saturated carbocycles. The first-order chi connectivity index (χ1) is 11.6. The Morgan fingerprint density at radius 3 is 2.21 bits per heavy atom. The van der Waals surface area contributed by atoms with Gasteiger partial charge in [-0.3, -0.25) is 9.59 Å². The van der Waals surface area contributed by atoms with E-state index in [1.54, 1.807) is 16.7 Å². The zero-order valence-corrected chi connectivity index (χ0v) is 14.8. The molecule has 1 unspecified atom stereocenters. The van der Waals surface area contributed by atoms with E-state index in [1.807, 2.05) is 4.90 Å². The molecule has 2 saturated heterocycles. The van der Waals surface area contributed by atoms with Crippen LogP contribution in [-0.2, 0) is 14.3 Å². The van der Waals surface area contributed by atoms with Crippen molar-refractivity contribution in [1.82, 2.24) is 14.7 Å². The Balaban J connectivity index is 1.80. The third-order valence-corrected chi connectivity index (χ3v) is 4.88. The Bertz CT molecular complexity index is 461. The van der Waals surface area contributed by atoms with Gasteiger partial charge < -0.3 is 19.4 Å². The largest absolute Gasteiger partial charge is 0.450 e. The third-order valence-electron chi connectivity index (χ3n) is 4.88. The molecule has 24 heavy (non-hydrogen) atoms. The van der Waals surface area contributed by atoms with E-state index in [1.165, 1.54) is 0 Å². The van der Waals surface area contributed by atoms with E-state index >= 15 is 0 Å². The van der Waals surface area contributed by atoms with Crippen LogP contribution in [0.5, 0.6) is 0 Å². The van der Waals surface area contributed by atoms with Gasteiger partial charge in [-0.2, -0.15) is 0 Å². The monoisotopic (exact) mass is 339 g/mol. The number of likely N-dealkylation sites (tertiary alicyclic amines) is 1. The molecule has 2 aliphatic rings. The van der Waals surface area contributed by atoms with E-state index in [0.29, 0.717) is 32.8 Å². The molecular weight excluding hydrogens is 310 g/mol. The van der Waals surface area contributed by atoms with Crippen LogP contribution in [0, 0.1) is 0 Å². The highest BCUT2D eigenvalue weighted by Gasteiger charge is 2.30. The van der Waals surface area contributed by atoms with E-state index < -0.39 is 0 Å². The topological polar surface area (TPSA) is 70.2 Å². The summed E-state index contributed by atoms with van der Waals surface area (Å²) in [6.07, 6.45) is 3.77. The molecule has 2 fully saturated rings. The van der Waals surface area contributed by atoms with Gasteiger partial charge in [0.25, 0.3) is 0 Å². The summed E-state index contributed by atoms with van der Waals surface area (Å²) in [6.45, 7) is 6.81. The summed E-state index contributed by atoms with van der Waals surface area (Å²) in [5, 5.41) is 0. The van der Waals surface area contributed by atoms with Crippen LogP contribution in [0.2, 0.25) is 0 Å². The second kappa shape index (κ2) is 8.89. The van der Waals surface area contributed by atoms with Crippen molar-refractivity contribution in [2.24, 2.45) is 0 Å². The number of piperazine rings is 1. The average molecular weight is 339 g/mol. The lowest BCUT2D eigenvalue weighted by atomic mass is 9.99. The van der Waals surface area contributed by atoms with Gasteiger partial charge in [0.05, 0.1) is 6.61 Å². The Labute approximate surface area is 143 Å². The Kier molecular flexibility index (Phi) is 6.87. The molecule has 0 spiro atoms. The van der Waals surface area contributed by atoms with Gasteiger partial charge in [-0.05, 0) is 32.6 Å². The number of amides is 3. The summed E-state index contributed by atoms with van der Waals surface area (Å²) in [5.74, 6) is -0.191. The first kappa shape index (κ1) is 18.5. The maximum atomic E-state index is 12.5. The number of ether oxygens (including phenoxy) is 1. The van der Waals surface area contributed by atoms with Crippen molar-refractivity contribution in [2.75, 3.05) is 39.3 Å². The lowest BCUT2D eigenvalue weighted by molar-refractivity contribution is -0.143. The summed E-state index contributed by atoms with van der Waals surface area (Å²) < 4.78 is 4.97. The molecule has 7 nitrogen and oxygen atoms in total. The number of carbonyl (C=O) groups excluding carboxylic acids is 3. The molecule has 0 aliphatic carbocycles. The number of rotatable bonds is 4. The summed E-state index contributed by atoms with van der Waals surface area (Å²) in [6, 6.07) is 0.278. The predicted octanol–water partition coefficient (Wildman–Crippen LogP) is 1.47.